The molecule has 2 atom stereocenters. The molecule has 118 valence electrons. The zero-order chi connectivity index (χ0) is 15.2. The largest absolute Gasteiger partial charge is 0.496 e. The van der Waals surface area contributed by atoms with E-state index in [0.29, 0.717) is 12.1 Å². The summed E-state index contributed by atoms with van der Waals surface area (Å²) < 4.78 is 6.64. The summed E-state index contributed by atoms with van der Waals surface area (Å²) in [6.45, 7) is 7.72. The molecule has 1 saturated heterocycles. The van der Waals surface area contributed by atoms with Crippen molar-refractivity contribution in [1.82, 2.24) is 10.2 Å². The Morgan fingerprint density at radius 3 is 2.86 bits per heavy atom. The van der Waals surface area contributed by atoms with Crippen molar-refractivity contribution in [2.75, 3.05) is 20.2 Å². The van der Waals surface area contributed by atoms with Crippen molar-refractivity contribution in [3.05, 3.63) is 28.2 Å². The van der Waals surface area contributed by atoms with E-state index in [9.17, 15) is 0 Å². The Balaban J connectivity index is 2.12. The summed E-state index contributed by atoms with van der Waals surface area (Å²) in [6, 6.07) is 7.50. The number of methoxy groups -OCH3 is 1. The molecule has 3 nitrogen and oxygen atoms in total. The van der Waals surface area contributed by atoms with Crippen LogP contribution in [0.1, 0.15) is 38.7 Å². The molecule has 1 fully saturated rings. The van der Waals surface area contributed by atoms with Gasteiger partial charge in [0.2, 0.25) is 0 Å². The average Bonchev–Trinajstić information content (AvgIpc) is 2.48. The van der Waals surface area contributed by atoms with Gasteiger partial charge in [0, 0.05) is 41.8 Å². The normalized spacial score (nSPS) is 23.2. The van der Waals surface area contributed by atoms with Crippen molar-refractivity contribution in [3.63, 3.8) is 0 Å². The average molecular weight is 355 g/mol. The quantitative estimate of drug-likeness (QED) is 0.840. The molecular formula is C17H27BrN2O. The monoisotopic (exact) mass is 354 g/mol. The van der Waals surface area contributed by atoms with Crippen LogP contribution in [0.25, 0.3) is 0 Å². The minimum Gasteiger partial charge on any atom is -0.496 e. The summed E-state index contributed by atoms with van der Waals surface area (Å²) >= 11 is 3.57. The van der Waals surface area contributed by atoms with Crippen LogP contribution in [0.2, 0.25) is 0 Å². The predicted octanol–water partition coefficient (Wildman–Crippen LogP) is 3.81. The molecule has 1 aliphatic rings. The summed E-state index contributed by atoms with van der Waals surface area (Å²) in [7, 11) is 1.75. The molecule has 4 heteroatoms. The van der Waals surface area contributed by atoms with Gasteiger partial charge in [0.15, 0.2) is 0 Å². The van der Waals surface area contributed by atoms with Crippen molar-refractivity contribution >= 4 is 15.9 Å². The van der Waals surface area contributed by atoms with E-state index in [1.54, 1.807) is 7.11 Å². The van der Waals surface area contributed by atoms with Gasteiger partial charge in [-0.2, -0.15) is 0 Å². The van der Waals surface area contributed by atoms with E-state index in [1.165, 1.54) is 24.8 Å². The molecule has 0 aromatic heterocycles. The highest BCUT2D eigenvalue weighted by atomic mass is 79.9. The first-order chi connectivity index (χ1) is 10.2. The first-order valence-electron chi connectivity index (χ1n) is 7.97. The number of nitrogens with one attached hydrogen (secondary N) is 1. The van der Waals surface area contributed by atoms with Crippen LogP contribution in [0.4, 0.5) is 0 Å². The number of halogens is 1. The number of rotatable bonds is 6. The van der Waals surface area contributed by atoms with Crippen molar-refractivity contribution < 1.29 is 4.74 Å². The summed E-state index contributed by atoms with van der Waals surface area (Å²) in [5.41, 5.74) is 1.27. The lowest BCUT2D eigenvalue weighted by Gasteiger charge is -2.40. The van der Waals surface area contributed by atoms with Gasteiger partial charge in [-0.15, -0.1) is 0 Å². The lowest BCUT2D eigenvalue weighted by molar-refractivity contribution is 0.114. The van der Waals surface area contributed by atoms with Gasteiger partial charge in [0.05, 0.1) is 7.11 Å². The molecule has 1 heterocycles. The van der Waals surface area contributed by atoms with Crippen molar-refractivity contribution in [1.29, 1.82) is 0 Å². The van der Waals surface area contributed by atoms with Gasteiger partial charge < -0.3 is 10.1 Å². The molecule has 0 saturated carbocycles. The summed E-state index contributed by atoms with van der Waals surface area (Å²) in [5, 5.41) is 3.69. The maximum Gasteiger partial charge on any atom is 0.123 e. The van der Waals surface area contributed by atoms with E-state index < -0.39 is 0 Å². The number of nitrogens with zero attached hydrogens (tertiary/aromatic N) is 1. The lowest BCUT2D eigenvalue weighted by atomic mass is 10.0. The summed E-state index contributed by atoms with van der Waals surface area (Å²) in [4.78, 5) is 2.61. The highest BCUT2D eigenvalue weighted by Gasteiger charge is 2.26. The highest BCUT2D eigenvalue weighted by Crippen LogP contribution is 2.26. The maximum absolute atomic E-state index is 5.52. The van der Waals surface area contributed by atoms with Crippen LogP contribution in [0.15, 0.2) is 22.7 Å². The second kappa shape index (κ2) is 8.16. The Bertz CT molecular complexity index is 452. The van der Waals surface area contributed by atoms with E-state index in [1.807, 2.05) is 12.1 Å². The van der Waals surface area contributed by atoms with Crippen molar-refractivity contribution in [2.24, 2.45) is 0 Å². The van der Waals surface area contributed by atoms with Gasteiger partial charge in [0.25, 0.3) is 0 Å². The van der Waals surface area contributed by atoms with Crippen molar-refractivity contribution in [3.8, 4) is 5.75 Å². The molecule has 1 aromatic carbocycles. The third-order valence-corrected chi connectivity index (χ3v) is 4.83. The Kier molecular flexibility index (Phi) is 6.52. The van der Waals surface area contributed by atoms with Crippen LogP contribution in [0.3, 0.4) is 0 Å². The molecule has 1 N–H and O–H groups in total. The van der Waals surface area contributed by atoms with Crippen LogP contribution in [-0.2, 0) is 6.54 Å². The molecule has 1 aromatic rings. The second-order valence-electron chi connectivity index (χ2n) is 5.84. The van der Waals surface area contributed by atoms with E-state index in [4.69, 9.17) is 4.74 Å². The smallest absolute Gasteiger partial charge is 0.123 e. The molecule has 21 heavy (non-hydrogen) atoms. The van der Waals surface area contributed by atoms with E-state index in [0.717, 1.165) is 29.9 Å². The fourth-order valence-electron chi connectivity index (χ4n) is 3.16. The predicted molar refractivity (Wildman–Crippen MR) is 91.9 cm³/mol. The first kappa shape index (κ1) is 16.8. The Morgan fingerprint density at radius 2 is 2.19 bits per heavy atom. The van der Waals surface area contributed by atoms with E-state index >= 15 is 0 Å². The summed E-state index contributed by atoms with van der Waals surface area (Å²) in [5.74, 6) is 0.985. The fraction of sp³-hybridized carbons (Fsp3) is 0.647. The molecule has 0 spiro atoms. The topological polar surface area (TPSA) is 24.5 Å². The maximum atomic E-state index is 5.52. The van der Waals surface area contributed by atoms with Crippen LogP contribution in [0.5, 0.6) is 5.75 Å². The standard InChI is InChI=1S/C17H27BrN2O/c1-4-6-15-12-20(16(5-2)10-19-15)11-13-9-14(18)7-8-17(13)21-3/h7-9,15-16,19H,4-6,10-12H2,1-3H3. The van der Waals surface area contributed by atoms with Gasteiger partial charge in [-0.25, -0.2) is 0 Å². The van der Waals surface area contributed by atoms with Gasteiger partial charge in [-0.1, -0.05) is 36.2 Å². The van der Waals surface area contributed by atoms with Gasteiger partial charge >= 0.3 is 0 Å². The Hall–Kier alpha value is -0.580. The zero-order valence-corrected chi connectivity index (χ0v) is 14.9. The van der Waals surface area contributed by atoms with E-state index in [2.05, 4.69) is 46.1 Å². The SMILES string of the molecule is CCCC1CN(Cc2cc(Br)ccc2OC)C(CC)CN1. The Morgan fingerprint density at radius 1 is 1.38 bits per heavy atom. The molecule has 2 unspecified atom stereocenters. The first-order valence-corrected chi connectivity index (χ1v) is 8.77. The molecule has 0 radical (unpaired) electrons. The van der Waals surface area contributed by atoms with Crippen LogP contribution < -0.4 is 10.1 Å². The fourth-order valence-corrected chi connectivity index (χ4v) is 3.56. The van der Waals surface area contributed by atoms with Crippen molar-refractivity contribution in [2.45, 2.75) is 51.7 Å². The van der Waals surface area contributed by atoms with Gasteiger partial charge in [0.1, 0.15) is 5.75 Å². The zero-order valence-electron chi connectivity index (χ0n) is 13.4. The van der Waals surface area contributed by atoms with E-state index in [-0.39, 0.29) is 0 Å². The summed E-state index contributed by atoms with van der Waals surface area (Å²) in [6.07, 6.45) is 3.67. The molecule has 2 rings (SSSR count). The second-order valence-corrected chi connectivity index (χ2v) is 6.76. The van der Waals surface area contributed by atoms with Gasteiger partial charge in [-0.05, 0) is 31.0 Å². The lowest BCUT2D eigenvalue weighted by Crippen LogP contribution is -2.55. The molecule has 1 aliphatic heterocycles. The third-order valence-electron chi connectivity index (χ3n) is 4.34. The molecule has 0 amide bonds. The molecular weight excluding hydrogens is 328 g/mol. The van der Waals surface area contributed by atoms with Crippen LogP contribution in [-0.4, -0.2) is 37.2 Å². The highest BCUT2D eigenvalue weighted by molar-refractivity contribution is 9.10. The number of piperazine rings is 1. The van der Waals surface area contributed by atoms with Crippen LogP contribution in [0, 0.1) is 0 Å². The Labute approximate surface area is 137 Å². The third kappa shape index (κ3) is 4.44. The number of benzene rings is 1. The molecule has 0 bridgehead atoms. The van der Waals surface area contributed by atoms with Gasteiger partial charge in [-0.3, -0.25) is 4.90 Å². The number of hydrogen-bond donors (Lipinski definition) is 1. The van der Waals surface area contributed by atoms with Crippen LogP contribution >= 0.6 is 15.9 Å². The minimum absolute atomic E-state index is 0.613. The number of ether oxygens (including phenoxy) is 1. The number of hydrogen-bond acceptors (Lipinski definition) is 3. The molecule has 0 aliphatic carbocycles. The minimum atomic E-state index is 0.613.